The van der Waals surface area contributed by atoms with Crippen LogP contribution in [-0.2, 0) is 0 Å². The van der Waals surface area contributed by atoms with Gasteiger partial charge in [0.1, 0.15) is 0 Å². The number of halogens is 10. The van der Waals surface area contributed by atoms with Crippen molar-refractivity contribution in [3.8, 4) is 22.3 Å². The number of azo groups is 1. The van der Waals surface area contributed by atoms with Crippen LogP contribution in [0.25, 0.3) is 22.3 Å². The summed E-state index contributed by atoms with van der Waals surface area (Å²) in [5.41, 5.74) is 5.90. The third-order valence-corrected chi connectivity index (χ3v) is 10.8. The lowest BCUT2D eigenvalue weighted by Gasteiger charge is -2.24. The Hall–Kier alpha value is -4.98. The number of rotatable bonds is 4. The molecule has 0 spiro atoms. The van der Waals surface area contributed by atoms with Crippen LogP contribution >= 0.6 is 45.2 Å². The highest BCUT2D eigenvalue weighted by Crippen LogP contribution is 2.41. The monoisotopic (exact) mass is 996 g/mol. The molecule has 2 aromatic heterocycles. The van der Waals surface area contributed by atoms with Gasteiger partial charge in [-0.2, -0.15) is 0 Å². The third kappa shape index (κ3) is 6.90. The number of nitrogens with zero attached hydrogens (tertiary/aromatic N) is 4. The Balaban J connectivity index is 0.000000199. The van der Waals surface area contributed by atoms with Crippen LogP contribution < -0.4 is 0 Å². The van der Waals surface area contributed by atoms with Gasteiger partial charge in [-0.25, -0.2) is 35.1 Å². The van der Waals surface area contributed by atoms with Crippen molar-refractivity contribution in [1.82, 2.24) is 9.97 Å². The average Bonchev–Trinajstić information content (AvgIpc) is 3.18. The summed E-state index contributed by atoms with van der Waals surface area (Å²) in [6.07, 6.45) is 7.17. The molecule has 0 radical (unpaired) electrons. The van der Waals surface area contributed by atoms with Crippen LogP contribution in [0, 0.1) is 81.4 Å². The summed E-state index contributed by atoms with van der Waals surface area (Å²) < 4.78 is 106. The Morgan fingerprint density at radius 1 is 0.429 bits per heavy atom. The predicted molar refractivity (Wildman–Crippen MR) is 207 cm³/mol. The Morgan fingerprint density at radius 3 is 1.02 bits per heavy atom. The van der Waals surface area contributed by atoms with Crippen LogP contribution in [0.3, 0.4) is 0 Å². The summed E-state index contributed by atoms with van der Waals surface area (Å²) in [4.78, 5) is 36.2. The number of hydrogen-bond donors (Lipinski definition) is 0. The first-order chi connectivity index (χ1) is 26.5. The van der Waals surface area contributed by atoms with Crippen molar-refractivity contribution in [2.75, 3.05) is 0 Å². The van der Waals surface area contributed by atoms with Crippen molar-refractivity contribution in [2.24, 2.45) is 10.2 Å². The van der Waals surface area contributed by atoms with Gasteiger partial charge in [-0.15, -0.1) is 10.2 Å². The van der Waals surface area contributed by atoms with E-state index >= 15 is 0 Å². The minimum absolute atomic E-state index is 0.118. The molecule has 4 aromatic carbocycles. The summed E-state index contributed by atoms with van der Waals surface area (Å²) in [5, 5.41) is 5.30. The van der Waals surface area contributed by atoms with Gasteiger partial charge in [-0.05, 0) is 117 Å². The van der Waals surface area contributed by atoms with Crippen molar-refractivity contribution in [1.29, 1.82) is 0 Å². The van der Waals surface area contributed by atoms with E-state index < -0.39 is 65.1 Å². The molecule has 2 heterocycles. The Labute approximate surface area is 340 Å². The number of pyridine rings is 2. The van der Waals surface area contributed by atoms with Crippen LogP contribution in [0.15, 0.2) is 71.4 Å². The van der Waals surface area contributed by atoms with Gasteiger partial charge in [-0.3, -0.25) is 19.6 Å². The van der Waals surface area contributed by atoms with Crippen molar-refractivity contribution >= 4 is 68.1 Å². The standard InChI is InChI=1S/C28H22N2O2.C12F8I2N2/c1-15-11-29-12-16(2)23(15)19-7-5-9-21-25(19)28(32)26-20(8-6-10-22(26)27(21)31)24-17(3)13-30-14-18(24)4;13-1-5(17)11(6(18)2(14)9(1)21)23-24-12-7(19)3(15)10(22)4(16)8(12)20/h5-14H,1-4H3;. The van der Waals surface area contributed by atoms with Crippen molar-refractivity contribution in [3.63, 3.8) is 0 Å². The third-order valence-electron chi connectivity index (χ3n) is 8.88. The zero-order valence-corrected chi connectivity index (χ0v) is 33.5. The van der Waals surface area contributed by atoms with Gasteiger partial charge < -0.3 is 0 Å². The Kier molecular flexibility index (Phi) is 11.5. The molecule has 0 atom stereocenters. The zero-order valence-electron chi connectivity index (χ0n) is 29.2. The molecule has 284 valence electrons. The van der Waals surface area contributed by atoms with Crippen molar-refractivity contribution in [2.45, 2.75) is 27.7 Å². The van der Waals surface area contributed by atoms with Gasteiger partial charge in [0.15, 0.2) is 69.5 Å². The first-order valence-electron chi connectivity index (χ1n) is 16.1. The van der Waals surface area contributed by atoms with Crippen LogP contribution in [0.1, 0.15) is 54.1 Å². The number of carbonyl (C=O) groups excluding carboxylic acids is 2. The normalized spacial score (nSPS) is 12.1. The Morgan fingerprint density at radius 2 is 0.714 bits per heavy atom. The second-order valence-corrected chi connectivity index (χ2v) is 14.6. The van der Waals surface area contributed by atoms with Crippen molar-refractivity contribution < 1.29 is 44.7 Å². The molecule has 0 amide bonds. The average molecular weight is 996 g/mol. The molecule has 0 unspecified atom stereocenters. The topological polar surface area (TPSA) is 84.6 Å². The van der Waals surface area contributed by atoms with E-state index in [1.165, 1.54) is 0 Å². The largest absolute Gasteiger partial charge is 0.289 e. The van der Waals surface area contributed by atoms with E-state index in [9.17, 15) is 44.7 Å². The predicted octanol–water partition coefficient (Wildman–Crippen LogP) is 12.2. The second-order valence-electron chi connectivity index (χ2n) is 12.4. The summed E-state index contributed by atoms with van der Waals surface area (Å²) in [5.74, 6) is -15.5. The molecular weight excluding hydrogens is 974 g/mol. The highest BCUT2D eigenvalue weighted by molar-refractivity contribution is 14.1. The van der Waals surface area contributed by atoms with E-state index in [0.29, 0.717) is 22.3 Å². The van der Waals surface area contributed by atoms with Crippen LogP contribution in [0.5, 0.6) is 0 Å². The molecule has 0 saturated heterocycles. The number of benzene rings is 4. The fraction of sp³-hybridized carbons (Fsp3) is 0.100. The molecule has 0 fully saturated rings. The summed E-state index contributed by atoms with van der Waals surface area (Å²) in [6.45, 7) is 7.92. The maximum absolute atomic E-state index is 14.1. The second kappa shape index (κ2) is 15.9. The lowest BCUT2D eigenvalue weighted by molar-refractivity contribution is 0.0980. The van der Waals surface area contributed by atoms with E-state index in [-0.39, 0.29) is 11.6 Å². The number of aromatic nitrogens is 2. The molecule has 56 heavy (non-hydrogen) atoms. The van der Waals surface area contributed by atoms with Crippen LogP contribution in [-0.4, -0.2) is 21.5 Å². The van der Waals surface area contributed by atoms with Gasteiger partial charge in [-0.1, -0.05) is 36.4 Å². The number of ketones is 2. The Bertz CT molecular complexity index is 2430. The lowest BCUT2D eigenvalue weighted by Crippen LogP contribution is -2.23. The quantitative estimate of drug-likeness (QED) is 0.0578. The highest BCUT2D eigenvalue weighted by atomic mass is 127. The molecule has 1 aliphatic carbocycles. The van der Waals surface area contributed by atoms with E-state index in [2.05, 4.69) is 20.2 Å². The van der Waals surface area contributed by atoms with Gasteiger partial charge in [0.2, 0.25) is 0 Å². The molecule has 16 heteroatoms. The first-order valence-corrected chi connectivity index (χ1v) is 18.3. The van der Waals surface area contributed by atoms with Crippen LogP contribution in [0.4, 0.5) is 46.5 Å². The maximum atomic E-state index is 14.1. The SMILES string of the molecule is Cc1cncc(C)c1-c1cccc2c1C(=O)c1c(cccc1-c1c(C)cncc1C)C2=O.Fc1c(F)c(N=Nc2c(F)c(F)c(I)c(F)c2F)c(F)c(F)c1I. The zero-order chi connectivity index (χ0) is 40.9. The van der Waals surface area contributed by atoms with Crippen molar-refractivity contribution in [3.05, 3.63) is 159 Å². The summed E-state index contributed by atoms with van der Waals surface area (Å²) in [7, 11) is 0. The van der Waals surface area contributed by atoms with E-state index in [0.717, 1.165) is 89.7 Å². The fourth-order valence-corrected chi connectivity index (χ4v) is 7.32. The molecule has 0 aliphatic heterocycles. The van der Waals surface area contributed by atoms with Gasteiger partial charge in [0, 0.05) is 47.0 Å². The summed E-state index contributed by atoms with van der Waals surface area (Å²) >= 11 is 1.95. The highest BCUT2D eigenvalue weighted by Gasteiger charge is 2.35. The number of carbonyl (C=O) groups is 2. The minimum atomic E-state index is -1.99. The molecule has 6 nitrogen and oxygen atoms in total. The van der Waals surface area contributed by atoms with Gasteiger partial charge >= 0.3 is 0 Å². The fourth-order valence-electron chi connectivity index (χ4n) is 6.37. The van der Waals surface area contributed by atoms with Gasteiger partial charge in [0.25, 0.3) is 0 Å². The molecule has 0 bridgehead atoms. The summed E-state index contributed by atoms with van der Waals surface area (Å²) in [6, 6.07) is 11.1. The van der Waals surface area contributed by atoms with Crippen LogP contribution in [0.2, 0.25) is 0 Å². The number of aryl methyl sites for hydroxylation is 4. The van der Waals surface area contributed by atoms with E-state index in [1.807, 2.05) is 52.0 Å². The van der Waals surface area contributed by atoms with Gasteiger partial charge in [0.05, 0.1) is 7.14 Å². The molecule has 7 rings (SSSR count). The molecule has 1 aliphatic rings. The molecule has 0 saturated carbocycles. The van der Waals surface area contributed by atoms with E-state index in [1.54, 1.807) is 36.9 Å². The number of fused-ring (bicyclic) bond motifs is 2. The molecular formula is C40H22F8I2N4O2. The van der Waals surface area contributed by atoms with E-state index in [4.69, 9.17) is 0 Å². The maximum Gasteiger partial charge on any atom is 0.195 e. The number of hydrogen-bond acceptors (Lipinski definition) is 6. The molecule has 6 aromatic rings. The smallest absolute Gasteiger partial charge is 0.195 e. The lowest BCUT2D eigenvalue weighted by atomic mass is 9.76. The minimum Gasteiger partial charge on any atom is -0.289 e. The molecule has 0 N–H and O–H groups in total. The first kappa shape index (κ1) is 40.7.